The molecular weight excluding hydrogens is 318 g/mol. The molecule has 2 N–H and O–H groups in total. The molecule has 2 aromatic rings. The van der Waals surface area contributed by atoms with Gasteiger partial charge in [-0.2, -0.15) is 0 Å². The fourth-order valence-corrected chi connectivity index (χ4v) is 3.78. The van der Waals surface area contributed by atoms with Crippen molar-refractivity contribution in [2.45, 2.75) is 51.2 Å². The van der Waals surface area contributed by atoms with E-state index in [0.717, 1.165) is 31.5 Å². The average molecular weight is 341 g/mol. The fraction of sp³-hybridized carbons (Fsp3) is 0.500. The molecule has 4 rings (SSSR count). The number of imidazole rings is 1. The van der Waals surface area contributed by atoms with Crippen molar-refractivity contribution in [3.63, 3.8) is 0 Å². The number of rotatable bonds is 3. The maximum absolute atomic E-state index is 12.7. The molecule has 1 saturated carbocycles. The van der Waals surface area contributed by atoms with Crippen LogP contribution in [0.25, 0.3) is 0 Å². The highest BCUT2D eigenvalue weighted by atomic mass is 16.2. The first-order chi connectivity index (χ1) is 12.2. The van der Waals surface area contributed by atoms with Crippen molar-refractivity contribution in [3.8, 4) is 0 Å². The zero-order chi connectivity index (χ0) is 17.2. The Bertz CT molecular complexity index is 759. The van der Waals surface area contributed by atoms with Gasteiger partial charge in [0.05, 0.1) is 24.1 Å². The molecule has 132 valence electrons. The van der Waals surface area contributed by atoms with E-state index in [1.165, 1.54) is 12.8 Å². The van der Waals surface area contributed by atoms with Crippen LogP contribution in [-0.4, -0.2) is 43.8 Å². The van der Waals surface area contributed by atoms with Crippen LogP contribution in [0.15, 0.2) is 24.8 Å². The number of hydrogen-bond acceptors (Lipinski definition) is 3. The summed E-state index contributed by atoms with van der Waals surface area (Å²) in [5, 5.41) is 3.10. The van der Waals surface area contributed by atoms with Gasteiger partial charge in [-0.25, -0.2) is 4.98 Å². The molecular formula is C18H23N5O2. The predicted octanol–water partition coefficient (Wildman–Crippen LogP) is 1.93. The smallest absolute Gasteiger partial charge is 0.272 e. The lowest BCUT2D eigenvalue weighted by Gasteiger charge is -2.20. The minimum atomic E-state index is -0.114. The summed E-state index contributed by atoms with van der Waals surface area (Å²) in [4.78, 5) is 34.4. The van der Waals surface area contributed by atoms with Crippen molar-refractivity contribution >= 4 is 11.8 Å². The number of H-pyrrole nitrogens is 1. The number of aromatic amines is 1. The molecule has 0 unspecified atom stereocenters. The second-order valence-corrected chi connectivity index (χ2v) is 6.87. The van der Waals surface area contributed by atoms with E-state index in [0.29, 0.717) is 24.3 Å². The average Bonchev–Trinajstić information content (AvgIpc) is 3.34. The van der Waals surface area contributed by atoms with Crippen LogP contribution < -0.4 is 5.32 Å². The third kappa shape index (κ3) is 3.18. The Morgan fingerprint density at radius 2 is 2.04 bits per heavy atom. The van der Waals surface area contributed by atoms with Gasteiger partial charge in [0.15, 0.2) is 5.69 Å². The number of nitrogens with zero attached hydrogens (tertiary/aromatic N) is 3. The Balaban J connectivity index is 1.54. The van der Waals surface area contributed by atoms with Gasteiger partial charge in [0.25, 0.3) is 11.8 Å². The van der Waals surface area contributed by atoms with Crippen LogP contribution in [0.2, 0.25) is 0 Å². The first-order valence-electron chi connectivity index (χ1n) is 8.99. The minimum absolute atomic E-state index is 0.0157. The van der Waals surface area contributed by atoms with Crippen LogP contribution in [-0.2, 0) is 13.1 Å². The summed E-state index contributed by atoms with van der Waals surface area (Å²) in [5.41, 5.74) is 1.93. The normalized spacial score (nSPS) is 18.0. The standard InChI is InChI=1S/C18H23N5O2/c24-17(21-14-4-1-2-5-14)16-15-11-22(8-3-9-23(15)12-20-16)18(25)13-6-7-19-10-13/h6-7,10,12,14,19H,1-5,8-9,11H2,(H,21,24). The molecule has 0 bridgehead atoms. The molecule has 25 heavy (non-hydrogen) atoms. The number of nitrogens with one attached hydrogen (secondary N) is 2. The molecule has 7 nitrogen and oxygen atoms in total. The highest BCUT2D eigenvalue weighted by Gasteiger charge is 2.27. The van der Waals surface area contributed by atoms with E-state index in [-0.39, 0.29) is 17.9 Å². The maximum atomic E-state index is 12.7. The topological polar surface area (TPSA) is 83.0 Å². The van der Waals surface area contributed by atoms with Crippen molar-refractivity contribution in [2.24, 2.45) is 0 Å². The highest BCUT2D eigenvalue weighted by molar-refractivity contribution is 5.95. The zero-order valence-electron chi connectivity index (χ0n) is 14.2. The molecule has 1 aliphatic carbocycles. The number of aromatic nitrogens is 3. The third-order valence-corrected chi connectivity index (χ3v) is 5.15. The van der Waals surface area contributed by atoms with Gasteiger partial charge in [-0.05, 0) is 25.3 Å². The van der Waals surface area contributed by atoms with Crippen LogP contribution in [0.3, 0.4) is 0 Å². The third-order valence-electron chi connectivity index (χ3n) is 5.15. The Morgan fingerprint density at radius 3 is 2.80 bits per heavy atom. The SMILES string of the molecule is O=C(NC1CCCC1)c1ncn2c1CN(C(=O)c1cc[nH]c1)CCC2. The maximum Gasteiger partial charge on any atom is 0.272 e. The van der Waals surface area contributed by atoms with Gasteiger partial charge < -0.3 is 19.8 Å². The van der Waals surface area contributed by atoms with Gasteiger partial charge in [-0.3, -0.25) is 9.59 Å². The molecule has 0 spiro atoms. The molecule has 7 heteroatoms. The molecule has 3 heterocycles. The summed E-state index contributed by atoms with van der Waals surface area (Å²) >= 11 is 0. The summed E-state index contributed by atoms with van der Waals surface area (Å²) < 4.78 is 2.01. The molecule has 1 aliphatic heterocycles. The largest absolute Gasteiger partial charge is 0.367 e. The van der Waals surface area contributed by atoms with Crippen LogP contribution >= 0.6 is 0 Å². The molecule has 0 aromatic carbocycles. The van der Waals surface area contributed by atoms with E-state index in [1.54, 1.807) is 29.7 Å². The lowest BCUT2D eigenvalue weighted by atomic mass is 10.2. The lowest BCUT2D eigenvalue weighted by Crippen LogP contribution is -2.35. The first kappa shape index (κ1) is 15.9. The van der Waals surface area contributed by atoms with Gasteiger partial charge in [-0.15, -0.1) is 0 Å². The fourth-order valence-electron chi connectivity index (χ4n) is 3.78. The van der Waals surface area contributed by atoms with Gasteiger partial charge >= 0.3 is 0 Å². The van der Waals surface area contributed by atoms with Gasteiger partial charge in [0.2, 0.25) is 0 Å². The summed E-state index contributed by atoms with van der Waals surface area (Å²) in [5.74, 6) is -0.130. The van der Waals surface area contributed by atoms with Crippen LogP contribution in [0, 0.1) is 0 Å². The molecule has 0 atom stereocenters. The van der Waals surface area contributed by atoms with Crippen LogP contribution in [0.5, 0.6) is 0 Å². The van der Waals surface area contributed by atoms with Crippen molar-refractivity contribution in [1.29, 1.82) is 0 Å². The number of amides is 2. The van der Waals surface area contributed by atoms with E-state index in [4.69, 9.17) is 0 Å². The molecule has 1 fully saturated rings. The first-order valence-corrected chi connectivity index (χ1v) is 8.99. The summed E-state index contributed by atoms with van der Waals surface area (Å²) in [7, 11) is 0. The molecule has 0 saturated heterocycles. The number of carbonyl (C=O) groups is 2. The Labute approximate surface area is 146 Å². The van der Waals surface area contributed by atoms with E-state index in [2.05, 4.69) is 15.3 Å². The van der Waals surface area contributed by atoms with E-state index in [1.807, 2.05) is 4.57 Å². The van der Waals surface area contributed by atoms with Crippen LogP contribution in [0.1, 0.15) is 58.6 Å². The van der Waals surface area contributed by atoms with Crippen molar-refractivity contribution < 1.29 is 9.59 Å². The summed E-state index contributed by atoms with van der Waals surface area (Å²) in [6.07, 6.45) is 10.5. The zero-order valence-corrected chi connectivity index (χ0v) is 14.2. The van der Waals surface area contributed by atoms with Crippen molar-refractivity contribution in [2.75, 3.05) is 6.54 Å². The lowest BCUT2D eigenvalue weighted by molar-refractivity contribution is 0.0743. The predicted molar refractivity (Wildman–Crippen MR) is 92.1 cm³/mol. The van der Waals surface area contributed by atoms with Gasteiger partial charge in [0.1, 0.15) is 0 Å². The molecule has 0 radical (unpaired) electrons. The second kappa shape index (κ2) is 6.74. The highest BCUT2D eigenvalue weighted by Crippen LogP contribution is 2.21. The number of carbonyl (C=O) groups excluding carboxylic acids is 2. The second-order valence-electron chi connectivity index (χ2n) is 6.87. The Morgan fingerprint density at radius 1 is 1.20 bits per heavy atom. The monoisotopic (exact) mass is 341 g/mol. The Hall–Kier alpha value is -2.57. The number of hydrogen-bond donors (Lipinski definition) is 2. The van der Waals surface area contributed by atoms with Gasteiger partial charge in [0, 0.05) is 31.5 Å². The van der Waals surface area contributed by atoms with E-state index in [9.17, 15) is 9.59 Å². The van der Waals surface area contributed by atoms with E-state index >= 15 is 0 Å². The molecule has 2 aliphatic rings. The molecule has 2 aromatic heterocycles. The summed E-state index contributed by atoms with van der Waals surface area (Å²) in [6.45, 7) is 1.86. The molecule has 2 amide bonds. The van der Waals surface area contributed by atoms with Crippen molar-refractivity contribution in [1.82, 2.24) is 24.8 Å². The van der Waals surface area contributed by atoms with Gasteiger partial charge in [-0.1, -0.05) is 12.8 Å². The van der Waals surface area contributed by atoms with Crippen molar-refractivity contribution in [3.05, 3.63) is 41.7 Å². The quantitative estimate of drug-likeness (QED) is 0.895. The summed E-state index contributed by atoms with van der Waals surface area (Å²) in [6, 6.07) is 2.03. The minimum Gasteiger partial charge on any atom is -0.367 e. The number of aryl methyl sites for hydroxylation is 1. The Kier molecular flexibility index (Phi) is 4.29. The number of fused-ring (bicyclic) bond motifs is 1. The van der Waals surface area contributed by atoms with E-state index < -0.39 is 0 Å². The van der Waals surface area contributed by atoms with Crippen LogP contribution in [0.4, 0.5) is 0 Å².